The maximum absolute atomic E-state index is 12.0. The fourth-order valence-corrected chi connectivity index (χ4v) is 1.88. The van der Waals surface area contributed by atoms with Gasteiger partial charge >= 0.3 is 0 Å². The molecule has 0 bridgehead atoms. The average molecular weight is 254 g/mol. The van der Waals surface area contributed by atoms with Crippen LogP contribution in [0.4, 0.5) is 0 Å². The van der Waals surface area contributed by atoms with Crippen LogP contribution in [-0.4, -0.2) is 10.9 Å². The summed E-state index contributed by atoms with van der Waals surface area (Å²) in [5.41, 5.74) is 8.03. The molecule has 3 heteroatoms. The third-order valence-electron chi connectivity index (χ3n) is 3.04. The Balaban J connectivity index is 1.98. The number of phenolic OH excluding ortho intramolecular Hbond substituents is 1. The standard InChI is InChI=1S/C16H16NO2/c17-11-13-7-5-12(6-8-13)9-10-16(19)14-3-1-2-4-15(14)18/h2-8,18H,9-11,17H2. The molecule has 0 spiro atoms. The number of benzene rings is 2. The van der Waals surface area contributed by atoms with Crippen molar-refractivity contribution in [2.75, 3.05) is 0 Å². The molecule has 3 N–H and O–H groups in total. The first-order chi connectivity index (χ1) is 9.20. The van der Waals surface area contributed by atoms with E-state index in [2.05, 4.69) is 6.07 Å². The van der Waals surface area contributed by atoms with Gasteiger partial charge in [0.05, 0.1) is 5.56 Å². The molecule has 0 unspecified atom stereocenters. The highest BCUT2D eigenvalue weighted by atomic mass is 16.3. The summed E-state index contributed by atoms with van der Waals surface area (Å²) < 4.78 is 0. The summed E-state index contributed by atoms with van der Waals surface area (Å²) in [4.78, 5) is 12.0. The van der Waals surface area contributed by atoms with Crippen LogP contribution >= 0.6 is 0 Å². The van der Waals surface area contributed by atoms with Crippen molar-refractivity contribution in [3.8, 4) is 5.75 Å². The largest absolute Gasteiger partial charge is 0.507 e. The highest BCUT2D eigenvalue weighted by Gasteiger charge is 2.10. The van der Waals surface area contributed by atoms with Crippen LogP contribution in [0.3, 0.4) is 0 Å². The highest BCUT2D eigenvalue weighted by molar-refractivity contribution is 5.98. The van der Waals surface area contributed by atoms with Gasteiger partial charge in [0.2, 0.25) is 0 Å². The van der Waals surface area contributed by atoms with E-state index in [1.807, 2.05) is 24.3 Å². The van der Waals surface area contributed by atoms with E-state index in [1.165, 1.54) is 12.1 Å². The number of hydrogen-bond acceptors (Lipinski definition) is 3. The summed E-state index contributed by atoms with van der Waals surface area (Å²) in [5, 5.41) is 9.59. The second kappa shape index (κ2) is 6.16. The number of Topliss-reactive ketones (excluding diaryl/α,β-unsaturated/α-hetero) is 1. The Morgan fingerprint density at radius 2 is 1.84 bits per heavy atom. The first-order valence-corrected chi connectivity index (χ1v) is 6.21. The van der Waals surface area contributed by atoms with Crippen LogP contribution in [0.15, 0.2) is 42.5 Å². The topological polar surface area (TPSA) is 63.3 Å². The Morgan fingerprint density at radius 1 is 1.16 bits per heavy atom. The van der Waals surface area contributed by atoms with Crippen LogP contribution in [-0.2, 0) is 13.0 Å². The first kappa shape index (κ1) is 13.3. The summed E-state index contributed by atoms with van der Waals surface area (Å²) in [6.07, 6.45) is 1.02. The van der Waals surface area contributed by atoms with Gasteiger partial charge in [-0.15, -0.1) is 0 Å². The van der Waals surface area contributed by atoms with Crippen molar-refractivity contribution in [3.05, 3.63) is 65.2 Å². The Labute approximate surface area is 112 Å². The summed E-state index contributed by atoms with van der Waals surface area (Å²) in [6.45, 7) is 0.521. The van der Waals surface area contributed by atoms with E-state index in [9.17, 15) is 9.90 Å². The number of ketones is 1. The van der Waals surface area contributed by atoms with Gasteiger partial charge in [-0.1, -0.05) is 30.3 Å². The lowest BCUT2D eigenvalue weighted by Crippen LogP contribution is -2.02. The molecule has 0 saturated carbocycles. The molecule has 0 heterocycles. The minimum absolute atomic E-state index is 0.0160. The Morgan fingerprint density at radius 3 is 2.47 bits per heavy atom. The van der Waals surface area contributed by atoms with Crippen LogP contribution in [0.5, 0.6) is 5.75 Å². The van der Waals surface area contributed by atoms with Gasteiger partial charge in [-0.05, 0) is 35.7 Å². The molecule has 1 radical (unpaired) electrons. The van der Waals surface area contributed by atoms with E-state index in [-0.39, 0.29) is 11.5 Å². The van der Waals surface area contributed by atoms with Gasteiger partial charge in [0.25, 0.3) is 0 Å². The summed E-state index contributed by atoms with van der Waals surface area (Å²) >= 11 is 0. The molecule has 2 aromatic rings. The molecule has 0 aromatic heterocycles. The smallest absolute Gasteiger partial charge is 0.166 e. The van der Waals surface area contributed by atoms with Crippen LogP contribution in [0.2, 0.25) is 0 Å². The molecule has 0 aliphatic heterocycles. The predicted molar refractivity (Wildman–Crippen MR) is 73.9 cm³/mol. The van der Waals surface area contributed by atoms with Crippen LogP contribution < -0.4 is 5.73 Å². The molecular weight excluding hydrogens is 238 g/mol. The second-order valence-corrected chi connectivity index (χ2v) is 4.39. The van der Waals surface area contributed by atoms with Crippen molar-refractivity contribution in [1.29, 1.82) is 0 Å². The molecule has 0 amide bonds. The normalized spacial score (nSPS) is 10.4. The van der Waals surface area contributed by atoms with Crippen molar-refractivity contribution in [2.24, 2.45) is 5.73 Å². The van der Waals surface area contributed by atoms with Crippen molar-refractivity contribution in [2.45, 2.75) is 19.4 Å². The number of aromatic hydroxyl groups is 1. The zero-order valence-electron chi connectivity index (χ0n) is 10.6. The third kappa shape index (κ3) is 3.42. The van der Waals surface area contributed by atoms with Crippen molar-refractivity contribution < 1.29 is 9.90 Å². The molecule has 0 saturated heterocycles. The van der Waals surface area contributed by atoms with E-state index in [0.29, 0.717) is 24.9 Å². The number of hydrogen-bond donors (Lipinski definition) is 2. The monoisotopic (exact) mass is 254 g/mol. The highest BCUT2D eigenvalue weighted by Crippen LogP contribution is 2.18. The number of phenols is 1. The summed E-state index contributed by atoms with van der Waals surface area (Å²) in [7, 11) is 0. The fourth-order valence-electron chi connectivity index (χ4n) is 1.88. The Hall–Kier alpha value is -2.13. The van der Waals surface area contributed by atoms with Crippen LogP contribution in [0.25, 0.3) is 0 Å². The third-order valence-corrected chi connectivity index (χ3v) is 3.04. The van der Waals surface area contributed by atoms with Gasteiger partial charge in [0.15, 0.2) is 5.78 Å². The predicted octanol–water partition coefficient (Wildman–Crippen LogP) is 2.47. The van der Waals surface area contributed by atoms with Gasteiger partial charge < -0.3 is 10.8 Å². The van der Waals surface area contributed by atoms with Crippen molar-refractivity contribution in [1.82, 2.24) is 0 Å². The van der Waals surface area contributed by atoms with Gasteiger partial charge in [0.1, 0.15) is 5.75 Å². The van der Waals surface area contributed by atoms with Gasteiger partial charge in [-0.3, -0.25) is 4.79 Å². The zero-order chi connectivity index (χ0) is 13.7. The lowest BCUT2D eigenvalue weighted by molar-refractivity contribution is 0.0980. The zero-order valence-corrected chi connectivity index (χ0v) is 10.6. The summed E-state index contributed by atoms with van der Waals surface area (Å²) in [5.74, 6) is -0.0560. The molecular formula is C16H16NO2. The number of carbonyl (C=O) groups is 1. The fraction of sp³-hybridized carbons (Fsp3) is 0.188. The quantitative estimate of drug-likeness (QED) is 0.806. The van der Waals surface area contributed by atoms with E-state index >= 15 is 0 Å². The Kier molecular flexibility index (Phi) is 4.31. The van der Waals surface area contributed by atoms with E-state index in [1.54, 1.807) is 6.07 Å². The number of nitrogens with two attached hydrogens (primary N) is 1. The summed E-state index contributed by atoms with van der Waals surface area (Å²) in [6, 6.07) is 15.3. The van der Waals surface area contributed by atoms with Crippen LogP contribution in [0, 0.1) is 6.07 Å². The van der Waals surface area contributed by atoms with Gasteiger partial charge in [-0.2, -0.15) is 0 Å². The van der Waals surface area contributed by atoms with E-state index in [4.69, 9.17) is 5.73 Å². The maximum atomic E-state index is 12.0. The number of rotatable bonds is 5. The second-order valence-electron chi connectivity index (χ2n) is 4.39. The van der Waals surface area contributed by atoms with Gasteiger partial charge in [0, 0.05) is 13.0 Å². The maximum Gasteiger partial charge on any atom is 0.166 e. The Bertz CT molecular complexity index is 561. The molecule has 2 rings (SSSR count). The number of carbonyl (C=O) groups excluding carboxylic acids is 1. The van der Waals surface area contributed by atoms with Crippen LogP contribution in [0.1, 0.15) is 27.9 Å². The first-order valence-electron chi connectivity index (χ1n) is 6.21. The van der Waals surface area contributed by atoms with Crippen molar-refractivity contribution >= 4 is 5.78 Å². The molecule has 3 nitrogen and oxygen atoms in total. The van der Waals surface area contributed by atoms with Gasteiger partial charge in [-0.25, -0.2) is 0 Å². The molecule has 0 aliphatic carbocycles. The molecule has 2 aromatic carbocycles. The molecule has 0 atom stereocenters. The SMILES string of the molecule is NCc1ccc(CCC(=O)c2c[c]ccc2O)cc1. The lowest BCUT2D eigenvalue weighted by Gasteiger charge is -2.04. The van der Waals surface area contributed by atoms with Crippen molar-refractivity contribution in [3.63, 3.8) is 0 Å². The molecule has 19 heavy (non-hydrogen) atoms. The minimum atomic E-state index is -0.0720. The minimum Gasteiger partial charge on any atom is -0.507 e. The van der Waals surface area contributed by atoms with E-state index in [0.717, 1.165) is 11.1 Å². The molecule has 0 fully saturated rings. The lowest BCUT2D eigenvalue weighted by atomic mass is 10.0. The average Bonchev–Trinajstić information content (AvgIpc) is 2.46. The number of aryl methyl sites for hydroxylation is 1. The molecule has 0 aliphatic rings. The molecule has 97 valence electrons. The van der Waals surface area contributed by atoms with E-state index < -0.39 is 0 Å².